The lowest BCUT2D eigenvalue weighted by Crippen LogP contribution is -2.40. The number of nitrogens with one attached hydrogen (secondary N) is 1. The van der Waals surface area contributed by atoms with E-state index in [4.69, 9.17) is 0 Å². The third-order valence-corrected chi connectivity index (χ3v) is 4.19. The second-order valence-electron chi connectivity index (χ2n) is 6.04. The molecule has 1 saturated carbocycles. The second-order valence-corrected chi connectivity index (χ2v) is 6.04. The highest BCUT2D eigenvalue weighted by atomic mass is 19.3. The number of nitrogens with zero attached hydrogens (tertiary/aromatic N) is 2. The SMILES string of the molecule is O=C(NC1CCC(F)(F)CC1)c1ccc(Cn2ccnc2)cc1. The van der Waals surface area contributed by atoms with E-state index in [1.54, 1.807) is 24.7 Å². The zero-order valence-electron chi connectivity index (χ0n) is 12.7. The maximum atomic E-state index is 13.1. The van der Waals surface area contributed by atoms with Gasteiger partial charge in [0.25, 0.3) is 5.91 Å². The van der Waals surface area contributed by atoms with Crippen LogP contribution >= 0.6 is 0 Å². The zero-order chi connectivity index (χ0) is 16.3. The van der Waals surface area contributed by atoms with Crippen LogP contribution in [0.25, 0.3) is 0 Å². The number of halogens is 2. The molecule has 0 aliphatic heterocycles. The highest BCUT2D eigenvalue weighted by molar-refractivity contribution is 5.94. The van der Waals surface area contributed by atoms with Crippen molar-refractivity contribution in [2.75, 3.05) is 0 Å². The first-order chi connectivity index (χ1) is 11.0. The lowest BCUT2D eigenvalue weighted by atomic mass is 9.92. The summed E-state index contributed by atoms with van der Waals surface area (Å²) in [6.07, 6.45) is 5.69. The number of carbonyl (C=O) groups excluding carboxylic acids is 1. The maximum absolute atomic E-state index is 13.1. The Bertz CT molecular complexity index is 643. The smallest absolute Gasteiger partial charge is 0.251 e. The zero-order valence-corrected chi connectivity index (χ0v) is 12.7. The average Bonchev–Trinajstić information content (AvgIpc) is 3.03. The van der Waals surface area contributed by atoms with Crippen LogP contribution in [0.5, 0.6) is 0 Å². The molecule has 0 bridgehead atoms. The van der Waals surface area contributed by atoms with Gasteiger partial charge in [0.1, 0.15) is 0 Å². The Hall–Kier alpha value is -2.24. The van der Waals surface area contributed by atoms with E-state index >= 15 is 0 Å². The number of carbonyl (C=O) groups is 1. The summed E-state index contributed by atoms with van der Waals surface area (Å²) >= 11 is 0. The average molecular weight is 319 g/mol. The van der Waals surface area contributed by atoms with E-state index in [9.17, 15) is 13.6 Å². The Kier molecular flexibility index (Phi) is 4.41. The van der Waals surface area contributed by atoms with Crippen LogP contribution in [-0.2, 0) is 6.54 Å². The molecule has 1 heterocycles. The molecule has 122 valence electrons. The van der Waals surface area contributed by atoms with Gasteiger partial charge in [-0.25, -0.2) is 13.8 Å². The number of aromatic nitrogens is 2. The lowest BCUT2D eigenvalue weighted by Gasteiger charge is -2.28. The van der Waals surface area contributed by atoms with Gasteiger partial charge >= 0.3 is 0 Å². The highest BCUT2D eigenvalue weighted by Gasteiger charge is 2.35. The molecule has 1 aromatic heterocycles. The van der Waals surface area contributed by atoms with Gasteiger partial charge in [-0.1, -0.05) is 12.1 Å². The van der Waals surface area contributed by atoms with Crippen LogP contribution in [0.4, 0.5) is 8.78 Å². The molecular formula is C17H19F2N3O. The van der Waals surface area contributed by atoms with Gasteiger partial charge < -0.3 is 9.88 Å². The fourth-order valence-corrected chi connectivity index (χ4v) is 2.81. The van der Waals surface area contributed by atoms with Crippen LogP contribution in [0.1, 0.15) is 41.6 Å². The van der Waals surface area contributed by atoms with E-state index < -0.39 is 5.92 Å². The summed E-state index contributed by atoms with van der Waals surface area (Å²) in [4.78, 5) is 16.2. The van der Waals surface area contributed by atoms with Crippen LogP contribution in [-0.4, -0.2) is 27.4 Å². The van der Waals surface area contributed by atoms with Gasteiger partial charge in [0.15, 0.2) is 0 Å². The molecule has 1 aliphatic carbocycles. The Labute approximate surface area is 133 Å². The maximum Gasteiger partial charge on any atom is 0.251 e. The van der Waals surface area contributed by atoms with Crippen LogP contribution in [0.3, 0.4) is 0 Å². The summed E-state index contributed by atoms with van der Waals surface area (Å²) in [6, 6.07) is 7.15. The molecule has 6 heteroatoms. The predicted octanol–water partition coefficient (Wildman–Crippen LogP) is 3.24. The molecule has 0 radical (unpaired) electrons. The van der Waals surface area contributed by atoms with Gasteiger partial charge in [0.2, 0.25) is 5.92 Å². The molecular weight excluding hydrogens is 300 g/mol. The molecule has 0 unspecified atom stereocenters. The minimum Gasteiger partial charge on any atom is -0.349 e. The van der Waals surface area contributed by atoms with Gasteiger partial charge in [-0.15, -0.1) is 0 Å². The van der Waals surface area contributed by atoms with E-state index in [0.717, 1.165) is 5.56 Å². The van der Waals surface area contributed by atoms with Crippen molar-refractivity contribution in [3.8, 4) is 0 Å². The molecule has 0 spiro atoms. The largest absolute Gasteiger partial charge is 0.349 e. The van der Waals surface area contributed by atoms with Gasteiger partial charge in [-0.2, -0.15) is 0 Å². The minimum atomic E-state index is -2.57. The molecule has 1 amide bonds. The van der Waals surface area contributed by atoms with Crippen molar-refractivity contribution in [1.29, 1.82) is 0 Å². The summed E-state index contributed by atoms with van der Waals surface area (Å²) in [5, 5.41) is 2.85. The Morgan fingerprint density at radius 3 is 2.57 bits per heavy atom. The predicted molar refractivity (Wildman–Crippen MR) is 82.4 cm³/mol. The quantitative estimate of drug-likeness (QED) is 0.940. The van der Waals surface area contributed by atoms with Crippen LogP contribution in [0, 0.1) is 0 Å². The first-order valence-electron chi connectivity index (χ1n) is 7.75. The highest BCUT2D eigenvalue weighted by Crippen LogP contribution is 2.33. The summed E-state index contributed by atoms with van der Waals surface area (Å²) < 4.78 is 28.2. The van der Waals surface area contributed by atoms with Crippen molar-refractivity contribution in [2.24, 2.45) is 0 Å². The number of alkyl halides is 2. The number of rotatable bonds is 4. The molecule has 23 heavy (non-hydrogen) atoms. The fraction of sp³-hybridized carbons (Fsp3) is 0.412. The first-order valence-corrected chi connectivity index (χ1v) is 7.75. The van der Waals surface area contributed by atoms with Crippen LogP contribution < -0.4 is 5.32 Å². The van der Waals surface area contributed by atoms with Crippen molar-refractivity contribution in [3.63, 3.8) is 0 Å². The van der Waals surface area contributed by atoms with Crippen molar-refractivity contribution in [1.82, 2.24) is 14.9 Å². The van der Waals surface area contributed by atoms with Crippen molar-refractivity contribution in [2.45, 2.75) is 44.2 Å². The minimum absolute atomic E-state index is 0.151. The van der Waals surface area contributed by atoms with Crippen molar-refractivity contribution in [3.05, 3.63) is 54.1 Å². The Morgan fingerprint density at radius 1 is 1.26 bits per heavy atom. The first kappa shape index (κ1) is 15.6. The number of hydrogen-bond acceptors (Lipinski definition) is 2. The third-order valence-electron chi connectivity index (χ3n) is 4.19. The standard InChI is InChI=1S/C17H19F2N3O/c18-17(19)7-5-15(6-8-17)21-16(23)14-3-1-13(2-4-14)11-22-10-9-20-12-22/h1-4,9-10,12,15H,5-8,11H2,(H,21,23). The van der Waals surface area contributed by atoms with E-state index in [0.29, 0.717) is 24.9 Å². The number of benzene rings is 1. The molecule has 1 aromatic carbocycles. The Morgan fingerprint density at radius 2 is 1.96 bits per heavy atom. The summed E-state index contributed by atoms with van der Waals surface area (Å²) in [7, 11) is 0. The van der Waals surface area contributed by atoms with E-state index in [1.807, 2.05) is 22.9 Å². The van der Waals surface area contributed by atoms with E-state index in [1.165, 1.54) is 0 Å². The normalized spacial score (nSPS) is 17.8. The second kappa shape index (κ2) is 6.48. The van der Waals surface area contributed by atoms with Crippen molar-refractivity contribution >= 4 is 5.91 Å². The molecule has 1 aliphatic rings. The van der Waals surface area contributed by atoms with Gasteiger partial charge in [-0.05, 0) is 30.5 Å². The van der Waals surface area contributed by atoms with Crippen LogP contribution in [0.2, 0.25) is 0 Å². The monoisotopic (exact) mass is 319 g/mol. The number of hydrogen-bond donors (Lipinski definition) is 1. The Balaban J connectivity index is 1.55. The molecule has 3 rings (SSSR count). The molecule has 1 fully saturated rings. The summed E-state index contributed by atoms with van der Waals surface area (Å²) in [5.41, 5.74) is 1.62. The van der Waals surface area contributed by atoms with E-state index in [2.05, 4.69) is 10.3 Å². The van der Waals surface area contributed by atoms with Crippen molar-refractivity contribution < 1.29 is 13.6 Å². The third kappa shape index (κ3) is 4.15. The molecule has 0 atom stereocenters. The van der Waals surface area contributed by atoms with E-state index in [-0.39, 0.29) is 24.8 Å². The van der Waals surface area contributed by atoms with Crippen LogP contribution in [0.15, 0.2) is 43.0 Å². The molecule has 1 N–H and O–H groups in total. The van der Waals surface area contributed by atoms with Gasteiger partial charge in [0.05, 0.1) is 6.33 Å². The van der Waals surface area contributed by atoms with Gasteiger partial charge in [0, 0.05) is 43.4 Å². The lowest BCUT2D eigenvalue weighted by molar-refractivity contribution is -0.0399. The summed E-state index contributed by atoms with van der Waals surface area (Å²) in [6.45, 7) is 0.694. The number of imidazole rings is 1. The topological polar surface area (TPSA) is 46.9 Å². The molecule has 0 saturated heterocycles. The summed E-state index contributed by atoms with van der Waals surface area (Å²) in [5.74, 6) is -2.77. The van der Waals surface area contributed by atoms with Gasteiger partial charge in [-0.3, -0.25) is 4.79 Å². The molecule has 4 nitrogen and oxygen atoms in total. The number of amides is 1. The fourth-order valence-electron chi connectivity index (χ4n) is 2.81. The molecule has 2 aromatic rings.